The molecule has 1 aliphatic rings. The van der Waals surface area contributed by atoms with Crippen LogP contribution in [0.5, 0.6) is 0 Å². The third-order valence-corrected chi connectivity index (χ3v) is 5.82. The summed E-state index contributed by atoms with van der Waals surface area (Å²) in [6.07, 6.45) is -0.472. The number of amides is 2. The van der Waals surface area contributed by atoms with Gasteiger partial charge >= 0.3 is 6.09 Å². The summed E-state index contributed by atoms with van der Waals surface area (Å²) in [4.78, 5) is 26.8. The molecule has 1 saturated heterocycles. The molecule has 0 aliphatic carbocycles. The second-order valence-corrected chi connectivity index (χ2v) is 9.46. The van der Waals surface area contributed by atoms with Gasteiger partial charge in [-0.2, -0.15) is 0 Å². The van der Waals surface area contributed by atoms with Crippen molar-refractivity contribution in [3.63, 3.8) is 0 Å². The molecule has 3 aromatic rings. The Labute approximate surface area is 225 Å². The van der Waals surface area contributed by atoms with Crippen LogP contribution in [-0.4, -0.2) is 69.9 Å². The first-order valence-electron chi connectivity index (χ1n) is 12.1. The van der Waals surface area contributed by atoms with Crippen LogP contribution in [0, 0.1) is 11.6 Å². The monoisotopic (exact) mass is 548 g/mol. The summed E-state index contributed by atoms with van der Waals surface area (Å²) in [5.74, 6) is -1.62. The van der Waals surface area contributed by atoms with Crippen molar-refractivity contribution in [1.29, 1.82) is 0 Å². The van der Waals surface area contributed by atoms with Gasteiger partial charge in [0, 0.05) is 19.2 Å². The molecule has 11 nitrogen and oxygen atoms in total. The standard InChI is InChI=1S/C25H30F2N6O5.CH4/c1-25(2,28)23(34)29-20(15-37-13-16-10-17(26)12-18(27)11-16)22-31-30-21-5-3-4-19(33(21)22)14-38-24(35)32-6-8-36-9-7-32;/h3-5,10-12,20H,6-9,13-15,28H2,1-2H3,(H,29,34);1H4/t20-;/m1./s1. The second-order valence-electron chi connectivity index (χ2n) is 9.46. The Morgan fingerprint density at radius 3 is 2.49 bits per heavy atom. The number of nitrogens with two attached hydrogens (primary N) is 1. The summed E-state index contributed by atoms with van der Waals surface area (Å²) in [7, 11) is 0. The molecule has 1 aromatic carbocycles. The Bertz CT molecular complexity index is 1270. The van der Waals surface area contributed by atoms with E-state index in [1.165, 1.54) is 0 Å². The number of carbonyl (C=O) groups is 2. The van der Waals surface area contributed by atoms with Gasteiger partial charge in [0.15, 0.2) is 11.5 Å². The zero-order chi connectivity index (χ0) is 27.3. The molecule has 1 fully saturated rings. The normalized spacial score (nSPS) is 14.5. The molecule has 0 unspecified atom stereocenters. The maximum Gasteiger partial charge on any atom is 0.410 e. The lowest BCUT2D eigenvalue weighted by atomic mass is 10.1. The summed E-state index contributed by atoms with van der Waals surface area (Å²) in [5, 5.41) is 11.3. The molecule has 0 bridgehead atoms. The molecule has 2 aromatic heterocycles. The minimum absolute atomic E-state index is 0. The van der Waals surface area contributed by atoms with Crippen molar-refractivity contribution in [3.8, 4) is 0 Å². The van der Waals surface area contributed by atoms with Crippen LogP contribution in [0.15, 0.2) is 36.4 Å². The van der Waals surface area contributed by atoms with Crippen LogP contribution in [0.2, 0.25) is 0 Å². The number of nitrogens with zero attached hydrogens (tertiary/aromatic N) is 4. The number of aromatic nitrogens is 3. The van der Waals surface area contributed by atoms with Gasteiger partial charge in [0.1, 0.15) is 24.3 Å². The molecule has 4 rings (SSSR count). The molecule has 0 saturated carbocycles. The van der Waals surface area contributed by atoms with Gasteiger partial charge in [-0.3, -0.25) is 9.20 Å². The fourth-order valence-electron chi connectivity index (χ4n) is 3.86. The highest BCUT2D eigenvalue weighted by atomic mass is 19.1. The lowest BCUT2D eigenvalue weighted by molar-refractivity contribution is -0.126. The topological polar surface area (TPSA) is 133 Å². The molecule has 0 radical (unpaired) electrons. The maximum absolute atomic E-state index is 13.6. The van der Waals surface area contributed by atoms with Gasteiger partial charge in [0.05, 0.1) is 37.7 Å². The Balaban J connectivity index is 0.00000420. The summed E-state index contributed by atoms with van der Waals surface area (Å²) >= 11 is 0. The van der Waals surface area contributed by atoms with E-state index in [0.29, 0.717) is 43.5 Å². The highest BCUT2D eigenvalue weighted by molar-refractivity contribution is 5.85. The molecule has 3 heterocycles. The van der Waals surface area contributed by atoms with E-state index >= 15 is 0 Å². The molecule has 0 spiro atoms. The number of morpholine rings is 1. The molecular weight excluding hydrogens is 514 g/mol. The quantitative estimate of drug-likeness (QED) is 0.417. The van der Waals surface area contributed by atoms with Gasteiger partial charge in [-0.1, -0.05) is 13.5 Å². The Morgan fingerprint density at radius 2 is 1.82 bits per heavy atom. The molecule has 3 N–H and O–H groups in total. The minimum Gasteiger partial charge on any atom is -0.443 e. The predicted octanol–water partition coefficient (Wildman–Crippen LogP) is 2.72. The van der Waals surface area contributed by atoms with Crippen molar-refractivity contribution >= 4 is 17.6 Å². The molecule has 39 heavy (non-hydrogen) atoms. The first-order chi connectivity index (χ1) is 18.1. The first kappa shape index (κ1) is 29.9. The average molecular weight is 549 g/mol. The molecule has 13 heteroatoms. The lowest BCUT2D eigenvalue weighted by Crippen LogP contribution is -2.51. The molecule has 2 amide bonds. The number of ether oxygens (including phenoxy) is 3. The first-order valence-corrected chi connectivity index (χ1v) is 12.1. The second kappa shape index (κ2) is 12.9. The fourth-order valence-corrected chi connectivity index (χ4v) is 3.86. The van der Waals surface area contributed by atoms with Crippen LogP contribution >= 0.6 is 0 Å². The molecular formula is C26H34F2N6O5. The van der Waals surface area contributed by atoms with Crippen LogP contribution in [0.3, 0.4) is 0 Å². The van der Waals surface area contributed by atoms with E-state index in [1.807, 2.05) is 0 Å². The van der Waals surface area contributed by atoms with E-state index in [-0.39, 0.29) is 32.8 Å². The fraction of sp³-hybridized carbons (Fsp3) is 0.462. The number of nitrogens with one attached hydrogen (secondary N) is 1. The van der Waals surface area contributed by atoms with E-state index in [4.69, 9.17) is 19.9 Å². The average Bonchev–Trinajstić information content (AvgIpc) is 3.31. The van der Waals surface area contributed by atoms with Crippen molar-refractivity contribution in [2.75, 3.05) is 32.9 Å². The third-order valence-electron chi connectivity index (χ3n) is 5.82. The number of rotatable bonds is 9. The van der Waals surface area contributed by atoms with E-state index in [2.05, 4.69) is 15.5 Å². The number of pyridine rings is 1. The van der Waals surface area contributed by atoms with Crippen LogP contribution in [0.1, 0.15) is 44.4 Å². The van der Waals surface area contributed by atoms with E-state index in [9.17, 15) is 18.4 Å². The summed E-state index contributed by atoms with van der Waals surface area (Å²) < 4.78 is 45.3. The van der Waals surface area contributed by atoms with Gasteiger partial charge in [-0.05, 0) is 43.7 Å². The van der Waals surface area contributed by atoms with Crippen molar-refractivity contribution in [3.05, 3.63) is 65.1 Å². The van der Waals surface area contributed by atoms with Gasteiger partial charge in [0.25, 0.3) is 0 Å². The smallest absolute Gasteiger partial charge is 0.410 e. The highest BCUT2D eigenvalue weighted by Crippen LogP contribution is 2.19. The van der Waals surface area contributed by atoms with Gasteiger partial charge in [-0.25, -0.2) is 13.6 Å². The van der Waals surface area contributed by atoms with Gasteiger partial charge < -0.3 is 30.2 Å². The van der Waals surface area contributed by atoms with Gasteiger partial charge in [-0.15, -0.1) is 10.2 Å². The van der Waals surface area contributed by atoms with Crippen LogP contribution in [0.25, 0.3) is 5.65 Å². The summed E-state index contributed by atoms with van der Waals surface area (Å²) in [6, 6.07) is 7.46. The largest absolute Gasteiger partial charge is 0.443 e. The van der Waals surface area contributed by atoms with Crippen LogP contribution in [0.4, 0.5) is 13.6 Å². The van der Waals surface area contributed by atoms with E-state index < -0.39 is 35.2 Å². The zero-order valence-corrected chi connectivity index (χ0v) is 21.2. The summed E-state index contributed by atoms with van der Waals surface area (Å²) in [6.45, 7) is 4.57. The predicted molar refractivity (Wildman–Crippen MR) is 137 cm³/mol. The zero-order valence-electron chi connectivity index (χ0n) is 21.2. The van der Waals surface area contributed by atoms with Crippen LogP contribution in [-0.2, 0) is 32.2 Å². The third kappa shape index (κ3) is 7.68. The maximum atomic E-state index is 13.6. The Morgan fingerprint density at radius 1 is 1.13 bits per heavy atom. The number of hydrogen-bond acceptors (Lipinski definition) is 8. The molecule has 212 valence electrons. The van der Waals surface area contributed by atoms with Crippen LogP contribution < -0.4 is 11.1 Å². The Hall–Kier alpha value is -3.68. The molecule has 1 atom stereocenters. The molecule has 1 aliphatic heterocycles. The number of carbonyl (C=O) groups excluding carboxylic acids is 2. The van der Waals surface area contributed by atoms with Crippen molar-refractivity contribution < 1.29 is 32.6 Å². The number of fused-ring (bicyclic) bond motifs is 1. The lowest BCUT2D eigenvalue weighted by Gasteiger charge is -2.26. The van der Waals surface area contributed by atoms with Gasteiger partial charge in [0.2, 0.25) is 5.91 Å². The van der Waals surface area contributed by atoms with E-state index in [0.717, 1.165) is 18.2 Å². The highest BCUT2D eigenvalue weighted by Gasteiger charge is 2.29. The number of benzene rings is 1. The van der Waals surface area contributed by atoms with Crippen molar-refractivity contribution in [1.82, 2.24) is 24.8 Å². The SMILES string of the molecule is C.CC(C)(N)C(=O)N[C@H](COCc1cc(F)cc(F)c1)c1nnc2cccc(COC(=O)N3CCOCC3)n12. The van der Waals surface area contributed by atoms with Crippen molar-refractivity contribution in [2.45, 2.75) is 46.1 Å². The van der Waals surface area contributed by atoms with E-state index in [1.54, 1.807) is 41.3 Å². The number of halogens is 2. The summed E-state index contributed by atoms with van der Waals surface area (Å²) in [5.41, 5.74) is 6.07. The number of hydrogen-bond donors (Lipinski definition) is 2. The Kier molecular flexibility index (Phi) is 9.89. The van der Waals surface area contributed by atoms with Crippen molar-refractivity contribution in [2.24, 2.45) is 5.73 Å². The minimum atomic E-state index is -1.21.